The van der Waals surface area contributed by atoms with Gasteiger partial charge in [0.15, 0.2) is 12.4 Å². The lowest BCUT2D eigenvalue weighted by Crippen LogP contribution is -2.21. The number of anilines is 1. The van der Waals surface area contributed by atoms with Crippen LogP contribution >= 0.6 is 39.1 Å². The number of rotatable bonds is 7. The van der Waals surface area contributed by atoms with Crippen molar-refractivity contribution in [3.63, 3.8) is 0 Å². The highest BCUT2D eigenvalue weighted by atomic mass is 79.9. The van der Waals surface area contributed by atoms with Gasteiger partial charge in [-0.25, -0.2) is 4.98 Å². The molecule has 0 aliphatic carbocycles. The Labute approximate surface area is 257 Å². The van der Waals surface area contributed by atoms with E-state index in [0.29, 0.717) is 53.8 Å². The van der Waals surface area contributed by atoms with E-state index < -0.39 is 5.56 Å². The summed E-state index contributed by atoms with van der Waals surface area (Å²) >= 11 is 16.0. The van der Waals surface area contributed by atoms with Crippen molar-refractivity contribution < 1.29 is 13.9 Å². The van der Waals surface area contributed by atoms with Crippen LogP contribution in [0.1, 0.15) is 5.56 Å². The largest absolute Gasteiger partial charge is 0.482 e. The number of hydrogen-bond donors (Lipinski definition) is 1. The first kappa shape index (κ1) is 27.7. The Kier molecular flexibility index (Phi) is 7.80. The quantitative estimate of drug-likeness (QED) is 0.176. The molecule has 0 aliphatic heterocycles. The number of nitrogens with zero attached hydrogens (tertiary/aromatic N) is 3. The van der Waals surface area contributed by atoms with Gasteiger partial charge < -0.3 is 14.5 Å². The molecule has 2 aromatic heterocycles. The molecule has 0 fully saturated rings. The van der Waals surface area contributed by atoms with Gasteiger partial charge in [0.25, 0.3) is 11.5 Å². The second kappa shape index (κ2) is 11.8. The standard InChI is InChI=1S/C31H19BrCl2N4O4/c32-24-15-21(34)13-19(29(24)41-17-28(39)36-22-6-2-1-3-7-22)16-35-38-30(37-25-9-5-4-8-23(25)31(38)40)27-14-18-12-20(33)10-11-26(18)42-27/h1-16H,17H2,(H,36,39). The number of benzene rings is 4. The summed E-state index contributed by atoms with van der Waals surface area (Å²) in [5.41, 5.74) is 1.73. The summed E-state index contributed by atoms with van der Waals surface area (Å²) in [7, 11) is 0. The van der Waals surface area contributed by atoms with Crippen LogP contribution in [-0.2, 0) is 4.79 Å². The van der Waals surface area contributed by atoms with Gasteiger partial charge in [-0.1, -0.05) is 53.5 Å². The lowest BCUT2D eigenvalue weighted by molar-refractivity contribution is -0.118. The van der Waals surface area contributed by atoms with Crippen molar-refractivity contribution in [1.29, 1.82) is 0 Å². The van der Waals surface area contributed by atoms with Crippen molar-refractivity contribution in [2.45, 2.75) is 0 Å². The molecule has 0 radical (unpaired) electrons. The number of aromatic nitrogens is 2. The monoisotopic (exact) mass is 660 g/mol. The van der Waals surface area contributed by atoms with Gasteiger partial charge in [0, 0.05) is 26.7 Å². The van der Waals surface area contributed by atoms with Gasteiger partial charge >= 0.3 is 0 Å². The second-order valence-corrected chi connectivity index (χ2v) is 10.8. The Bertz CT molecular complexity index is 2060. The summed E-state index contributed by atoms with van der Waals surface area (Å²) in [5.74, 6) is 0.475. The average molecular weight is 662 g/mol. The maximum atomic E-state index is 13.6. The average Bonchev–Trinajstić information content (AvgIpc) is 3.39. The number of carbonyl (C=O) groups excluding carboxylic acids is 1. The summed E-state index contributed by atoms with van der Waals surface area (Å²) in [5, 5.41) is 9.34. The van der Waals surface area contributed by atoms with E-state index in [-0.39, 0.29) is 18.3 Å². The predicted molar refractivity (Wildman–Crippen MR) is 169 cm³/mol. The number of carbonyl (C=O) groups is 1. The molecule has 1 amide bonds. The first-order chi connectivity index (χ1) is 20.4. The highest BCUT2D eigenvalue weighted by Gasteiger charge is 2.18. The summed E-state index contributed by atoms with van der Waals surface area (Å²) in [6.07, 6.45) is 1.42. The van der Waals surface area contributed by atoms with Crippen molar-refractivity contribution in [2.75, 3.05) is 11.9 Å². The smallest absolute Gasteiger partial charge is 0.282 e. The van der Waals surface area contributed by atoms with Gasteiger partial charge in [-0.2, -0.15) is 9.78 Å². The zero-order chi connectivity index (χ0) is 29.2. The maximum absolute atomic E-state index is 13.6. The van der Waals surface area contributed by atoms with Crippen LogP contribution in [0.25, 0.3) is 33.5 Å². The Morgan fingerprint density at radius 1 is 1.00 bits per heavy atom. The van der Waals surface area contributed by atoms with Crippen molar-refractivity contribution >= 4 is 78.8 Å². The molecule has 0 aliphatic rings. The minimum atomic E-state index is -0.406. The molecule has 0 bridgehead atoms. The molecular weight excluding hydrogens is 643 g/mol. The normalized spacial score (nSPS) is 11.4. The van der Waals surface area contributed by atoms with Crippen molar-refractivity contribution in [3.8, 4) is 17.3 Å². The van der Waals surface area contributed by atoms with Crippen molar-refractivity contribution in [1.82, 2.24) is 9.66 Å². The predicted octanol–water partition coefficient (Wildman–Crippen LogP) is 7.78. The van der Waals surface area contributed by atoms with Gasteiger partial charge in [0.2, 0.25) is 5.82 Å². The van der Waals surface area contributed by atoms with Crippen molar-refractivity contribution in [3.05, 3.63) is 121 Å². The lowest BCUT2D eigenvalue weighted by Gasteiger charge is -2.12. The zero-order valence-electron chi connectivity index (χ0n) is 21.6. The summed E-state index contributed by atoms with van der Waals surface area (Å²) in [4.78, 5) is 30.9. The van der Waals surface area contributed by atoms with Crippen LogP contribution in [0.3, 0.4) is 0 Å². The third kappa shape index (κ3) is 5.80. The number of para-hydroxylation sites is 2. The number of halogens is 3. The first-order valence-electron chi connectivity index (χ1n) is 12.6. The third-order valence-corrected chi connectivity index (χ3v) is 7.25. The molecule has 0 spiro atoms. The summed E-state index contributed by atoms with van der Waals surface area (Å²) in [6.45, 7) is -0.278. The molecule has 208 valence electrons. The van der Waals surface area contributed by atoms with Gasteiger partial charge in [-0.3, -0.25) is 9.59 Å². The number of fused-ring (bicyclic) bond motifs is 2. The van der Waals surface area contributed by atoms with Crippen LogP contribution in [0, 0.1) is 0 Å². The van der Waals surface area contributed by atoms with E-state index in [9.17, 15) is 9.59 Å². The van der Waals surface area contributed by atoms with E-state index in [0.717, 1.165) is 10.1 Å². The molecule has 6 aromatic rings. The molecular formula is C31H19BrCl2N4O4. The fraction of sp³-hybridized carbons (Fsp3) is 0.0323. The van der Waals surface area contributed by atoms with Crippen LogP contribution < -0.4 is 15.6 Å². The van der Waals surface area contributed by atoms with Crippen LogP contribution in [0.4, 0.5) is 5.69 Å². The Balaban J connectivity index is 1.39. The summed E-state index contributed by atoms with van der Waals surface area (Å²) in [6, 6.07) is 26.2. The van der Waals surface area contributed by atoms with Crippen LogP contribution in [0.5, 0.6) is 5.75 Å². The van der Waals surface area contributed by atoms with Gasteiger partial charge in [0.1, 0.15) is 11.3 Å². The van der Waals surface area contributed by atoms with E-state index in [2.05, 4.69) is 26.3 Å². The zero-order valence-corrected chi connectivity index (χ0v) is 24.7. The minimum Gasteiger partial charge on any atom is -0.482 e. The van der Waals surface area contributed by atoms with Crippen molar-refractivity contribution in [2.24, 2.45) is 5.10 Å². The molecule has 0 unspecified atom stereocenters. The number of amides is 1. The Morgan fingerprint density at radius 3 is 2.62 bits per heavy atom. The van der Waals surface area contributed by atoms with E-state index in [1.54, 1.807) is 72.8 Å². The topological polar surface area (TPSA) is 98.7 Å². The molecule has 42 heavy (non-hydrogen) atoms. The SMILES string of the molecule is O=C(COc1c(Br)cc(Cl)cc1C=Nn1c(-c2cc3cc(Cl)ccc3o2)nc2ccccc2c1=O)Nc1ccccc1. The Hall–Kier alpha value is -4.44. The molecule has 6 rings (SSSR count). The molecule has 0 atom stereocenters. The van der Waals surface area contributed by atoms with Crippen LogP contribution in [0.15, 0.2) is 110 Å². The molecule has 0 saturated heterocycles. The van der Waals surface area contributed by atoms with Gasteiger partial charge in [0.05, 0.1) is 21.6 Å². The van der Waals surface area contributed by atoms with Crippen LogP contribution in [0.2, 0.25) is 10.0 Å². The first-order valence-corrected chi connectivity index (χ1v) is 14.1. The molecule has 8 nitrogen and oxygen atoms in total. The van der Waals surface area contributed by atoms with Gasteiger partial charge in [-0.05, 0) is 76.6 Å². The summed E-state index contributed by atoms with van der Waals surface area (Å²) < 4.78 is 13.6. The minimum absolute atomic E-state index is 0.188. The third-order valence-electron chi connectivity index (χ3n) is 6.21. The Morgan fingerprint density at radius 2 is 1.79 bits per heavy atom. The number of hydrogen-bond acceptors (Lipinski definition) is 6. The molecule has 0 saturated carbocycles. The van der Waals surface area contributed by atoms with Crippen LogP contribution in [-0.4, -0.2) is 28.4 Å². The second-order valence-electron chi connectivity index (χ2n) is 9.12. The highest BCUT2D eigenvalue weighted by Crippen LogP contribution is 2.33. The van der Waals surface area contributed by atoms with E-state index in [4.69, 9.17) is 37.3 Å². The maximum Gasteiger partial charge on any atom is 0.282 e. The number of ether oxygens (including phenoxy) is 1. The number of furan rings is 1. The highest BCUT2D eigenvalue weighted by molar-refractivity contribution is 9.10. The van der Waals surface area contributed by atoms with E-state index in [1.165, 1.54) is 6.21 Å². The number of nitrogens with one attached hydrogen (secondary N) is 1. The van der Waals surface area contributed by atoms with E-state index >= 15 is 0 Å². The van der Waals surface area contributed by atoms with E-state index in [1.807, 2.05) is 18.2 Å². The molecule has 1 N–H and O–H groups in total. The lowest BCUT2D eigenvalue weighted by atomic mass is 10.2. The van der Waals surface area contributed by atoms with Gasteiger partial charge in [-0.15, -0.1) is 0 Å². The molecule has 2 heterocycles. The molecule has 11 heteroatoms. The molecule has 4 aromatic carbocycles. The fourth-order valence-corrected chi connectivity index (χ4v) is 5.45. The fourth-order valence-electron chi connectivity index (χ4n) is 4.32.